The SMILES string of the molecule is Cc1ccccc1-c1noc(CN2CCN(C(=O)c3cc4c(C)nn(-c5ccccc5)c4s3)CC2)n1. The molecule has 8 nitrogen and oxygen atoms in total. The second-order valence-corrected chi connectivity index (χ2v) is 10.1. The second kappa shape index (κ2) is 9.33. The van der Waals surface area contributed by atoms with Crippen LogP contribution in [0.4, 0.5) is 0 Å². The first-order chi connectivity index (χ1) is 17.6. The summed E-state index contributed by atoms with van der Waals surface area (Å²) in [6, 6.07) is 20.0. The molecule has 0 radical (unpaired) electrons. The van der Waals surface area contributed by atoms with Crippen LogP contribution in [0.25, 0.3) is 27.3 Å². The van der Waals surface area contributed by atoms with Crippen LogP contribution < -0.4 is 0 Å². The van der Waals surface area contributed by atoms with Gasteiger partial charge in [-0.05, 0) is 37.6 Å². The van der Waals surface area contributed by atoms with Gasteiger partial charge in [-0.1, -0.05) is 47.6 Å². The molecular weight excluding hydrogens is 472 g/mol. The predicted molar refractivity (Wildman–Crippen MR) is 139 cm³/mol. The lowest BCUT2D eigenvalue weighted by molar-refractivity contribution is 0.0620. The molecule has 5 aromatic rings. The fourth-order valence-corrected chi connectivity index (χ4v) is 5.76. The quantitative estimate of drug-likeness (QED) is 0.349. The Bertz CT molecular complexity index is 1530. The zero-order valence-electron chi connectivity index (χ0n) is 20.2. The molecule has 36 heavy (non-hydrogen) atoms. The first kappa shape index (κ1) is 22.6. The number of para-hydroxylation sites is 1. The molecule has 0 atom stereocenters. The van der Waals surface area contributed by atoms with Crippen LogP contribution in [0, 0.1) is 13.8 Å². The van der Waals surface area contributed by atoms with Gasteiger partial charge in [0, 0.05) is 37.1 Å². The average Bonchev–Trinajstić information content (AvgIpc) is 3.62. The van der Waals surface area contributed by atoms with Crippen LogP contribution in [0.3, 0.4) is 0 Å². The van der Waals surface area contributed by atoms with Crippen molar-refractivity contribution in [2.45, 2.75) is 20.4 Å². The van der Waals surface area contributed by atoms with Crippen LogP contribution in [-0.4, -0.2) is 61.8 Å². The molecule has 0 aliphatic carbocycles. The van der Waals surface area contributed by atoms with Gasteiger partial charge >= 0.3 is 0 Å². The molecule has 2 aromatic carbocycles. The Labute approximate surface area is 212 Å². The third kappa shape index (κ3) is 4.20. The van der Waals surface area contributed by atoms with Gasteiger partial charge in [0.1, 0.15) is 4.83 Å². The molecule has 1 aliphatic heterocycles. The van der Waals surface area contributed by atoms with Crippen molar-refractivity contribution in [2.75, 3.05) is 26.2 Å². The van der Waals surface area contributed by atoms with E-state index in [9.17, 15) is 4.79 Å². The van der Waals surface area contributed by atoms with E-state index < -0.39 is 0 Å². The highest BCUT2D eigenvalue weighted by molar-refractivity contribution is 7.20. The van der Waals surface area contributed by atoms with Crippen LogP contribution in [0.1, 0.15) is 26.8 Å². The van der Waals surface area contributed by atoms with Crippen LogP contribution in [0.15, 0.2) is 65.2 Å². The molecule has 0 spiro atoms. The van der Waals surface area contributed by atoms with Gasteiger partial charge in [0.25, 0.3) is 5.91 Å². The van der Waals surface area contributed by atoms with Crippen molar-refractivity contribution in [3.05, 3.63) is 82.7 Å². The number of nitrogens with zero attached hydrogens (tertiary/aromatic N) is 6. The van der Waals surface area contributed by atoms with Crippen LogP contribution in [0.2, 0.25) is 0 Å². The van der Waals surface area contributed by atoms with Crippen molar-refractivity contribution in [1.82, 2.24) is 29.7 Å². The number of aromatic nitrogens is 4. The van der Waals surface area contributed by atoms with Gasteiger partial charge < -0.3 is 9.42 Å². The highest BCUT2D eigenvalue weighted by Crippen LogP contribution is 2.31. The maximum absolute atomic E-state index is 13.3. The summed E-state index contributed by atoms with van der Waals surface area (Å²) < 4.78 is 7.44. The van der Waals surface area contributed by atoms with E-state index in [1.807, 2.05) is 84.1 Å². The zero-order valence-corrected chi connectivity index (χ0v) is 21.0. The van der Waals surface area contributed by atoms with Crippen LogP contribution in [-0.2, 0) is 6.54 Å². The molecule has 182 valence electrons. The Morgan fingerprint density at radius 1 is 1.00 bits per heavy atom. The summed E-state index contributed by atoms with van der Waals surface area (Å²) >= 11 is 1.51. The van der Waals surface area contributed by atoms with Crippen molar-refractivity contribution in [3.63, 3.8) is 0 Å². The molecule has 3 aromatic heterocycles. The van der Waals surface area contributed by atoms with E-state index in [-0.39, 0.29) is 5.91 Å². The summed E-state index contributed by atoms with van der Waals surface area (Å²) in [5.74, 6) is 1.29. The third-order valence-electron chi connectivity index (χ3n) is 6.63. The summed E-state index contributed by atoms with van der Waals surface area (Å²) in [7, 11) is 0. The minimum atomic E-state index is 0.0782. The number of hydrogen-bond acceptors (Lipinski definition) is 7. The molecule has 0 unspecified atom stereocenters. The molecule has 4 heterocycles. The standard InChI is InChI=1S/C27H26N6O2S/c1-18-8-6-7-11-21(18)25-28-24(35-30-25)17-31-12-14-32(15-13-31)26(34)23-16-22-19(2)29-33(27(22)36-23)20-9-4-3-5-10-20/h3-11,16H,12-15,17H2,1-2H3. The predicted octanol–water partition coefficient (Wildman–Crippen LogP) is 4.71. The molecule has 0 saturated carbocycles. The monoisotopic (exact) mass is 498 g/mol. The maximum atomic E-state index is 13.3. The topological polar surface area (TPSA) is 80.3 Å². The number of rotatable bonds is 5. The number of aryl methyl sites for hydroxylation is 2. The van der Waals surface area contributed by atoms with Gasteiger partial charge in [0.2, 0.25) is 11.7 Å². The fraction of sp³-hybridized carbons (Fsp3) is 0.259. The zero-order chi connectivity index (χ0) is 24.6. The first-order valence-electron chi connectivity index (χ1n) is 12.0. The second-order valence-electron chi connectivity index (χ2n) is 9.06. The molecule has 9 heteroatoms. The number of thiophene rings is 1. The molecule has 0 bridgehead atoms. The molecule has 1 saturated heterocycles. The fourth-order valence-electron chi connectivity index (χ4n) is 4.61. The summed E-state index contributed by atoms with van der Waals surface area (Å²) in [6.45, 7) is 7.45. The molecule has 0 N–H and O–H groups in total. The Hall–Kier alpha value is -3.82. The van der Waals surface area contributed by atoms with Crippen molar-refractivity contribution in [2.24, 2.45) is 0 Å². The molecule has 6 rings (SSSR count). The number of carbonyl (C=O) groups excluding carboxylic acids is 1. The molecule has 1 amide bonds. The van der Waals surface area contributed by atoms with E-state index in [1.54, 1.807) is 0 Å². The highest BCUT2D eigenvalue weighted by Gasteiger charge is 2.26. The van der Waals surface area contributed by atoms with Gasteiger partial charge in [-0.2, -0.15) is 10.1 Å². The van der Waals surface area contributed by atoms with Gasteiger partial charge in [-0.25, -0.2) is 4.68 Å². The Morgan fingerprint density at radius 2 is 1.75 bits per heavy atom. The van der Waals surface area contributed by atoms with Gasteiger partial charge in [-0.3, -0.25) is 9.69 Å². The Morgan fingerprint density at radius 3 is 2.53 bits per heavy atom. The van der Waals surface area contributed by atoms with Crippen LogP contribution in [0.5, 0.6) is 0 Å². The van der Waals surface area contributed by atoms with E-state index in [2.05, 4.69) is 20.1 Å². The number of hydrogen-bond donors (Lipinski definition) is 0. The van der Waals surface area contributed by atoms with E-state index in [0.29, 0.717) is 31.3 Å². The molecule has 1 fully saturated rings. The number of carbonyl (C=O) groups is 1. The summed E-state index contributed by atoms with van der Waals surface area (Å²) in [6.07, 6.45) is 0. The summed E-state index contributed by atoms with van der Waals surface area (Å²) in [5.41, 5.74) is 4.03. The normalized spacial score (nSPS) is 14.6. The van der Waals surface area contributed by atoms with Crippen LogP contribution >= 0.6 is 11.3 Å². The van der Waals surface area contributed by atoms with E-state index in [0.717, 1.165) is 50.7 Å². The smallest absolute Gasteiger partial charge is 0.264 e. The molecular formula is C27H26N6O2S. The number of piperazine rings is 1. The lowest BCUT2D eigenvalue weighted by Crippen LogP contribution is -2.48. The van der Waals surface area contributed by atoms with Crippen molar-refractivity contribution in [1.29, 1.82) is 0 Å². The first-order valence-corrected chi connectivity index (χ1v) is 12.8. The number of benzene rings is 2. The largest absolute Gasteiger partial charge is 0.338 e. The lowest BCUT2D eigenvalue weighted by Gasteiger charge is -2.33. The summed E-state index contributed by atoms with van der Waals surface area (Å²) in [4.78, 5) is 23.9. The minimum absolute atomic E-state index is 0.0782. The number of fused-ring (bicyclic) bond motifs is 1. The van der Waals surface area contributed by atoms with Crippen molar-refractivity contribution < 1.29 is 9.32 Å². The highest BCUT2D eigenvalue weighted by atomic mass is 32.1. The summed E-state index contributed by atoms with van der Waals surface area (Å²) in [5, 5.41) is 9.88. The van der Waals surface area contributed by atoms with Gasteiger partial charge in [0.15, 0.2) is 0 Å². The van der Waals surface area contributed by atoms with E-state index in [1.165, 1.54) is 11.3 Å². The third-order valence-corrected chi connectivity index (χ3v) is 7.73. The van der Waals surface area contributed by atoms with E-state index in [4.69, 9.17) is 4.52 Å². The van der Waals surface area contributed by atoms with Gasteiger partial charge in [0.05, 0.1) is 22.8 Å². The number of amides is 1. The van der Waals surface area contributed by atoms with E-state index >= 15 is 0 Å². The average molecular weight is 499 g/mol. The minimum Gasteiger partial charge on any atom is -0.338 e. The van der Waals surface area contributed by atoms with Gasteiger partial charge in [-0.15, -0.1) is 11.3 Å². The van der Waals surface area contributed by atoms with Crippen molar-refractivity contribution >= 4 is 27.5 Å². The van der Waals surface area contributed by atoms with Crippen molar-refractivity contribution in [3.8, 4) is 17.1 Å². The Balaban J connectivity index is 1.12. The Kier molecular flexibility index (Phi) is 5.86. The molecule has 1 aliphatic rings. The lowest BCUT2D eigenvalue weighted by atomic mass is 10.1. The maximum Gasteiger partial charge on any atom is 0.264 e.